The lowest BCUT2D eigenvalue weighted by molar-refractivity contribution is 0.0983. The molecular weight excluding hydrogens is 174 g/mol. The zero-order valence-corrected chi connectivity index (χ0v) is 8.50. The number of aromatic nitrogens is 1. The van der Waals surface area contributed by atoms with Gasteiger partial charge in [0.05, 0.1) is 0 Å². The van der Waals surface area contributed by atoms with Crippen molar-refractivity contribution in [2.45, 2.75) is 26.7 Å². The van der Waals surface area contributed by atoms with Gasteiger partial charge < -0.3 is 0 Å². The van der Waals surface area contributed by atoms with E-state index in [4.69, 9.17) is 0 Å². The molecule has 0 radical (unpaired) electrons. The lowest BCUT2D eigenvalue weighted by atomic mass is 10.0. The third-order valence-electron chi connectivity index (χ3n) is 1.97. The molecule has 0 amide bonds. The molecule has 0 aliphatic carbocycles. The maximum absolute atomic E-state index is 11.6. The highest BCUT2D eigenvalue weighted by Crippen LogP contribution is 2.09. The number of nitrogens with zero attached hydrogens (tertiary/aromatic N) is 1. The molecule has 1 heterocycles. The van der Waals surface area contributed by atoms with Gasteiger partial charge in [-0.1, -0.05) is 0 Å². The van der Waals surface area contributed by atoms with E-state index in [1.54, 1.807) is 25.4 Å². The Morgan fingerprint density at radius 1 is 1.57 bits per heavy atom. The number of rotatable bonds is 3. The third-order valence-corrected chi connectivity index (χ3v) is 1.97. The van der Waals surface area contributed by atoms with Crippen LogP contribution in [0.15, 0.2) is 18.5 Å². The highest BCUT2D eigenvalue weighted by molar-refractivity contribution is 5.97. The first kappa shape index (κ1) is 10.5. The van der Waals surface area contributed by atoms with Crippen LogP contribution in [0.4, 0.5) is 0 Å². The zero-order chi connectivity index (χ0) is 10.4. The van der Waals surface area contributed by atoms with E-state index in [1.807, 2.05) is 6.92 Å². The molecule has 0 atom stereocenters. The van der Waals surface area contributed by atoms with E-state index in [-0.39, 0.29) is 5.78 Å². The van der Waals surface area contributed by atoms with Gasteiger partial charge in [0, 0.05) is 30.8 Å². The molecule has 1 rings (SSSR count). The topological polar surface area (TPSA) is 30.0 Å². The molecule has 1 aromatic heterocycles. The highest BCUT2D eigenvalue weighted by Gasteiger charge is 2.06. The number of ketones is 1. The van der Waals surface area contributed by atoms with Crippen molar-refractivity contribution in [3.8, 4) is 11.8 Å². The molecule has 1 aromatic rings. The molecular formula is C12H13NO. The maximum Gasteiger partial charge on any atom is 0.164 e. The zero-order valence-electron chi connectivity index (χ0n) is 8.50. The van der Waals surface area contributed by atoms with Gasteiger partial charge in [0.1, 0.15) is 0 Å². The van der Waals surface area contributed by atoms with Gasteiger partial charge in [-0.2, -0.15) is 0 Å². The minimum Gasteiger partial charge on any atom is -0.294 e. The van der Waals surface area contributed by atoms with Crippen molar-refractivity contribution in [2.24, 2.45) is 0 Å². The normalized spacial score (nSPS) is 9.00. The van der Waals surface area contributed by atoms with Crippen LogP contribution in [0.2, 0.25) is 0 Å². The number of carbonyl (C=O) groups excluding carboxylic acids is 1. The second-order valence-electron chi connectivity index (χ2n) is 3.04. The number of pyridine rings is 1. The molecule has 0 spiro atoms. The van der Waals surface area contributed by atoms with Gasteiger partial charge in [-0.15, -0.1) is 11.8 Å². The molecule has 0 aliphatic heterocycles. The van der Waals surface area contributed by atoms with Gasteiger partial charge in [-0.3, -0.25) is 9.78 Å². The van der Waals surface area contributed by atoms with Crippen LogP contribution in [0.1, 0.15) is 35.7 Å². The predicted octanol–water partition coefficient (Wildman–Crippen LogP) is 2.38. The standard InChI is InChI=1S/C12H13NO/c1-3-4-5-6-12(14)11-7-8-13-9-10(11)2/h7-9H,5-6H2,1-2H3. The van der Waals surface area contributed by atoms with Crippen molar-refractivity contribution in [1.29, 1.82) is 0 Å². The summed E-state index contributed by atoms with van der Waals surface area (Å²) in [7, 11) is 0. The van der Waals surface area contributed by atoms with Gasteiger partial charge in [-0.25, -0.2) is 0 Å². The van der Waals surface area contributed by atoms with Crippen molar-refractivity contribution in [1.82, 2.24) is 4.98 Å². The first-order valence-electron chi connectivity index (χ1n) is 4.59. The summed E-state index contributed by atoms with van der Waals surface area (Å²) in [6.07, 6.45) is 4.48. The number of Topliss-reactive ketones (excluding diaryl/α,β-unsaturated/α-hetero) is 1. The summed E-state index contributed by atoms with van der Waals surface area (Å²) in [4.78, 5) is 15.6. The Labute approximate surface area is 84.4 Å². The second-order valence-corrected chi connectivity index (χ2v) is 3.04. The molecule has 0 fully saturated rings. The Morgan fingerprint density at radius 2 is 2.36 bits per heavy atom. The summed E-state index contributed by atoms with van der Waals surface area (Å²) in [5, 5.41) is 0. The molecule has 14 heavy (non-hydrogen) atoms. The SMILES string of the molecule is CC#CCCC(=O)c1ccncc1C. The minimum atomic E-state index is 0.146. The van der Waals surface area contributed by atoms with Gasteiger partial charge >= 0.3 is 0 Å². The van der Waals surface area contributed by atoms with Crippen LogP contribution >= 0.6 is 0 Å². The fourth-order valence-electron chi connectivity index (χ4n) is 1.22. The monoisotopic (exact) mass is 187 g/mol. The summed E-state index contributed by atoms with van der Waals surface area (Å²) in [5.74, 6) is 5.80. The van der Waals surface area contributed by atoms with E-state index in [0.29, 0.717) is 12.8 Å². The summed E-state index contributed by atoms with van der Waals surface area (Å²) in [6.45, 7) is 3.67. The minimum absolute atomic E-state index is 0.146. The Balaban J connectivity index is 2.68. The summed E-state index contributed by atoms with van der Waals surface area (Å²) < 4.78 is 0. The Hall–Kier alpha value is -1.62. The van der Waals surface area contributed by atoms with Crippen molar-refractivity contribution in [3.63, 3.8) is 0 Å². The molecule has 0 unspecified atom stereocenters. The van der Waals surface area contributed by atoms with Crippen LogP contribution in [-0.2, 0) is 0 Å². The van der Waals surface area contributed by atoms with E-state index in [1.165, 1.54) is 0 Å². The van der Waals surface area contributed by atoms with E-state index in [9.17, 15) is 4.79 Å². The predicted molar refractivity (Wildman–Crippen MR) is 56.0 cm³/mol. The molecule has 0 aliphatic rings. The Kier molecular flexibility index (Phi) is 3.87. The molecule has 0 N–H and O–H groups in total. The van der Waals surface area contributed by atoms with Crippen molar-refractivity contribution < 1.29 is 4.79 Å². The molecule has 0 saturated heterocycles. The van der Waals surface area contributed by atoms with Crippen LogP contribution in [0.3, 0.4) is 0 Å². The molecule has 0 bridgehead atoms. The van der Waals surface area contributed by atoms with Gasteiger partial charge in [0.2, 0.25) is 0 Å². The van der Waals surface area contributed by atoms with Crippen LogP contribution < -0.4 is 0 Å². The molecule has 2 heteroatoms. The van der Waals surface area contributed by atoms with E-state index in [2.05, 4.69) is 16.8 Å². The van der Waals surface area contributed by atoms with E-state index < -0.39 is 0 Å². The number of hydrogen-bond acceptors (Lipinski definition) is 2. The maximum atomic E-state index is 11.6. The number of aryl methyl sites for hydroxylation is 1. The molecule has 2 nitrogen and oxygen atoms in total. The molecule has 0 aromatic carbocycles. The van der Waals surface area contributed by atoms with Gasteiger partial charge in [0.15, 0.2) is 5.78 Å². The smallest absolute Gasteiger partial charge is 0.164 e. The summed E-state index contributed by atoms with van der Waals surface area (Å²) >= 11 is 0. The largest absolute Gasteiger partial charge is 0.294 e. The fourth-order valence-corrected chi connectivity index (χ4v) is 1.22. The van der Waals surface area contributed by atoms with Crippen molar-refractivity contribution >= 4 is 5.78 Å². The summed E-state index contributed by atoms with van der Waals surface area (Å²) in [5.41, 5.74) is 1.69. The van der Waals surface area contributed by atoms with Gasteiger partial charge in [0.25, 0.3) is 0 Å². The van der Waals surface area contributed by atoms with Crippen LogP contribution in [-0.4, -0.2) is 10.8 Å². The van der Waals surface area contributed by atoms with Crippen LogP contribution in [0.5, 0.6) is 0 Å². The quantitative estimate of drug-likeness (QED) is 0.537. The average Bonchev–Trinajstić information content (AvgIpc) is 2.18. The van der Waals surface area contributed by atoms with E-state index >= 15 is 0 Å². The van der Waals surface area contributed by atoms with Crippen molar-refractivity contribution in [2.75, 3.05) is 0 Å². The molecule has 0 saturated carbocycles. The lowest BCUT2D eigenvalue weighted by Crippen LogP contribution is -2.01. The van der Waals surface area contributed by atoms with E-state index in [0.717, 1.165) is 11.1 Å². The third kappa shape index (κ3) is 2.70. The summed E-state index contributed by atoms with van der Waals surface area (Å²) in [6, 6.07) is 1.76. The first-order chi connectivity index (χ1) is 6.75. The Morgan fingerprint density at radius 3 is 3.00 bits per heavy atom. The van der Waals surface area contributed by atoms with Crippen LogP contribution in [0, 0.1) is 18.8 Å². The number of hydrogen-bond donors (Lipinski definition) is 0. The Bertz CT molecular complexity index is 385. The van der Waals surface area contributed by atoms with Crippen molar-refractivity contribution in [3.05, 3.63) is 29.6 Å². The highest BCUT2D eigenvalue weighted by atomic mass is 16.1. The molecule has 72 valence electrons. The fraction of sp³-hybridized carbons (Fsp3) is 0.333. The number of carbonyl (C=O) groups is 1. The first-order valence-corrected chi connectivity index (χ1v) is 4.59. The van der Waals surface area contributed by atoms with Gasteiger partial charge in [-0.05, 0) is 25.5 Å². The average molecular weight is 187 g/mol. The lowest BCUT2D eigenvalue weighted by Gasteiger charge is -2.01. The van der Waals surface area contributed by atoms with Crippen LogP contribution in [0.25, 0.3) is 0 Å². The second kappa shape index (κ2) is 5.18.